The molecule has 0 saturated carbocycles. The smallest absolute Gasteiger partial charge is 0.271 e. The van der Waals surface area contributed by atoms with Gasteiger partial charge in [0.1, 0.15) is 11.4 Å². The van der Waals surface area contributed by atoms with Crippen LogP contribution in [0.1, 0.15) is 60.8 Å². The SMILES string of the molecule is COc1ccccc1-c1cc(C(=O)N2CCC(c3nnc(C(C)C)o3)CC2)[nH]n1. The summed E-state index contributed by atoms with van der Waals surface area (Å²) in [5.74, 6) is 2.44. The van der Waals surface area contributed by atoms with E-state index < -0.39 is 0 Å². The van der Waals surface area contributed by atoms with Crippen molar-refractivity contribution in [3.63, 3.8) is 0 Å². The number of nitrogens with zero attached hydrogens (tertiary/aromatic N) is 4. The first-order valence-electron chi connectivity index (χ1n) is 9.88. The van der Waals surface area contributed by atoms with Crippen molar-refractivity contribution in [2.24, 2.45) is 0 Å². The van der Waals surface area contributed by atoms with Crippen molar-refractivity contribution < 1.29 is 13.9 Å². The van der Waals surface area contributed by atoms with E-state index in [-0.39, 0.29) is 17.7 Å². The molecule has 1 fully saturated rings. The molecule has 0 unspecified atom stereocenters. The summed E-state index contributed by atoms with van der Waals surface area (Å²) < 4.78 is 11.2. The third kappa shape index (κ3) is 3.87. The summed E-state index contributed by atoms with van der Waals surface area (Å²) in [6.07, 6.45) is 1.61. The van der Waals surface area contributed by atoms with Crippen LogP contribution in [0.5, 0.6) is 5.75 Å². The van der Waals surface area contributed by atoms with Crippen LogP contribution < -0.4 is 4.74 Å². The third-order valence-electron chi connectivity index (χ3n) is 5.27. The fraction of sp³-hybridized carbons (Fsp3) is 0.429. The number of benzene rings is 1. The number of rotatable bonds is 5. The zero-order valence-electron chi connectivity index (χ0n) is 16.9. The Morgan fingerprint density at radius 1 is 1.24 bits per heavy atom. The minimum absolute atomic E-state index is 0.0505. The molecule has 4 rings (SSSR count). The van der Waals surface area contributed by atoms with Gasteiger partial charge in [0.05, 0.1) is 12.8 Å². The molecule has 1 aliphatic rings. The highest BCUT2D eigenvalue weighted by Crippen LogP contribution is 2.30. The highest BCUT2D eigenvalue weighted by atomic mass is 16.5. The highest BCUT2D eigenvalue weighted by molar-refractivity contribution is 5.93. The molecule has 1 N–H and O–H groups in total. The second kappa shape index (κ2) is 8.06. The molecule has 0 bridgehead atoms. The molecule has 1 saturated heterocycles. The summed E-state index contributed by atoms with van der Waals surface area (Å²) in [6.45, 7) is 5.35. The summed E-state index contributed by atoms with van der Waals surface area (Å²) in [5.41, 5.74) is 2.01. The van der Waals surface area contributed by atoms with Gasteiger partial charge in [-0.2, -0.15) is 5.10 Å². The van der Waals surface area contributed by atoms with E-state index in [2.05, 4.69) is 20.4 Å². The highest BCUT2D eigenvalue weighted by Gasteiger charge is 2.29. The molecule has 1 aromatic carbocycles. The number of nitrogens with one attached hydrogen (secondary N) is 1. The predicted molar refractivity (Wildman–Crippen MR) is 107 cm³/mol. The van der Waals surface area contributed by atoms with Gasteiger partial charge in [0.15, 0.2) is 0 Å². The number of methoxy groups -OCH3 is 1. The summed E-state index contributed by atoms with van der Waals surface area (Å²) in [4.78, 5) is 14.8. The minimum atomic E-state index is -0.0505. The van der Waals surface area contributed by atoms with Crippen LogP contribution in [-0.4, -0.2) is 51.4 Å². The fourth-order valence-corrected chi connectivity index (χ4v) is 3.57. The Kier molecular flexibility index (Phi) is 5.33. The number of hydrogen-bond acceptors (Lipinski definition) is 6. The van der Waals surface area contributed by atoms with E-state index in [4.69, 9.17) is 9.15 Å². The average molecular weight is 395 g/mol. The lowest BCUT2D eigenvalue weighted by molar-refractivity contribution is 0.0700. The summed E-state index contributed by atoms with van der Waals surface area (Å²) in [5, 5.41) is 15.5. The number of piperidine rings is 1. The van der Waals surface area contributed by atoms with E-state index in [1.54, 1.807) is 13.2 Å². The van der Waals surface area contributed by atoms with E-state index in [1.165, 1.54) is 0 Å². The second-order valence-corrected chi connectivity index (χ2v) is 7.57. The van der Waals surface area contributed by atoms with Gasteiger partial charge in [0, 0.05) is 30.5 Å². The van der Waals surface area contributed by atoms with Crippen molar-refractivity contribution in [1.29, 1.82) is 0 Å². The number of amides is 1. The molecule has 152 valence electrons. The molecule has 0 aliphatic carbocycles. The lowest BCUT2D eigenvalue weighted by Gasteiger charge is -2.30. The number of para-hydroxylation sites is 1. The molecule has 1 amide bonds. The van der Waals surface area contributed by atoms with Crippen molar-refractivity contribution in [2.45, 2.75) is 38.5 Å². The Hall–Kier alpha value is -3.16. The molecule has 0 radical (unpaired) electrons. The summed E-state index contributed by atoms with van der Waals surface area (Å²) in [6, 6.07) is 9.39. The Morgan fingerprint density at radius 3 is 2.69 bits per heavy atom. The average Bonchev–Trinajstić information content (AvgIpc) is 3.43. The van der Waals surface area contributed by atoms with Crippen molar-refractivity contribution in [3.05, 3.63) is 47.8 Å². The van der Waals surface area contributed by atoms with Gasteiger partial charge in [0.25, 0.3) is 5.91 Å². The van der Waals surface area contributed by atoms with E-state index in [0.29, 0.717) is 36.3 Å². The molecule has 8 nitrogen and oxygen atoms in total. The zero-order chi connectivity index (χ0) is 20.4. The van der Waals surface area contributed by atoms with Gasteiger partial charge >= 0.3 is 0 Å². The number of carbonyl (C=O) groups is 1. The number of aromatic amines is 1. The van der Waals surface area contributed by atoms with E-state index in [0.717, 1.165) is 24.2 Å². The van der Waals surface area contributed by atoms with Crippen molar-refractivity contribution in [1.82, 2.24) is 25.3 Å². The van der Waals surface area contributed by atoms with Crippen molar-refractivity contribution in [2.75, 3.05) is 20.2 Å². The van der Waals surface area contributed by atoms with Crippen molar-refractivity contribution in [3.8, 4) is 17.0 Å². The number of aromatic nitrogens is 4. The van der Waals surface area contributed by atoms with Crippen LogP contribution in [0.2, 0.25) is 0 Å². The molecule has 3 aromatic rings. The van der Waals surface area contributed by atoms with Crippen LogP contribution >= 0.6 is 0 Å². The van der Waals surface area contributed by atoms with Gasteiger partial charge < -0.3 is 14.1 Å². The van der Waals surface area contributed by atoms with Gasteiger partial charge in [-0.1, -0.05) is 26.0 Å². The Morgan fingerprint density at radius 2 is 2.00 bits per heavy atom. The molecule has 2 aromatic heterocycles. The van der Waals surface area contributed by atoms with Crippen molar-refractivity contribution >= 4 is 5.91 Å². The Balaban J connectivity index is 1.42. The van der Waals surface area contributed by atoms with Crippen LogP contribution in [0.15, 0.2) is 34.7 Å². The second-order valence-electron chi connectivity index (χ2n) is 7.57. The number of hydrogen-bond donors (Lipinski definition) is 1. The van der Waals surface area contributed by atoms with Gasteiger partial charge in [-0.3, -0.25) is 9.89 Å². The molecular formula is C21H25N5O3. The molecular weight excluding hydrogens is 370 g/mol. The summed E-state index contributed by atoms with van der Waals surface area (Å²) in [7, 11) is 1.62. The molecule has 1 aliphatic heterocycles. The van der Waals surface area contributed by atoms with Gasteiger partial charge in [-0.25, -0.2) is 0 Å². The first-order chi connectivity index (χ1) is 14.1. The molecule has 0 atom stereocenters. The minimum Gasteiger partial charge on any atom is -0.496 e. The molecule has 29 heavy (non-hydrogen) atoms. The topological polar surface area (TPSA) is 97.1 Å². The standard InChI is InChI=1S/C21H25N5O3/c1-13(2)19-24-25-20(29-19)14-8-10-26(11-9-14)21(27)17-12-16(22-23-17)15-6-4-5-7-18(15)28-3/h4-7,12-14H,8-11H2,1-3H3,(H,22,23). The maximum atomic E-state index is 12.9. The van der Waals surface area contributed by atoms with Crippen LogP contribution in [0.25, 0.3) is 11.3 Å². The van der Waals surface area contributed by atoms with Crippen LogP contribution in [-0.2, 0) is 0 Å². The fourth-order valence-electron chi connectivity index (χ4n) is 3.57. The Bertz CT molecular complexity index is 986. The Labute approximate surface area is 169 Å². The van der Waals surface area contributed by atoms with Gasteiger partial charge in [-0.15, -0.1) is 10.2 Å². The lowest BCUT2D eigenvalue weighted by Crippen LogP contribution is -2.38. The number of likely N-dealkylation sites (tertiary alicyclic amines) is 1. The first kappa shape index (κ1) is 19.2. The predicted octanol–water partition coefficient (Wildman–Crippen LogP) is 3.61. The normalized spacial score (nSPS) is 15.1. The largest absolute Gasteiger partial charge is 0.496 e. The van der Waals surface area contributed by atoms with E-state index in [9.17, 15) is 4.79 Å². The monoisotopic (exact) mass is 395 g/mol. The zero-order valence-corrected chi connectivity index (χ0v) is 16.9. The molecule has 8 heteroatoms. The maximum Gasteiger partial charge on any atom is 0.271 e. The number of carbonyl (C=O) groups excluding carboxylic acids is 1. The van der Waals surface area contributed by atoms with E-state index in [1.807, 2.05) is 43.0 Å². The van der Waals surface area contributed by atoms with Gasteiger partial charge in [-0.05, 0) is 31.0 Å². The third-order valence-corrected chi connectivity index (χ3v) is 5.27. The van der Waals surface area contributed by atoms with E-state index >= 15 is 0 Å². The quantitative estimate of drug-likeness (QED) is 0.709. The number of H-pyrrole nitrogens is 1. The van der Waals surface area contributed by atoms with Crippen LogP contribution in [0, 0.1) is 0 Å². The molecule has 3 heterocycles. The van der Waals surface area contributed by atoms with Gasteiger partial charge in [0.2, 0.25) is 11.8 Å². The number of ether oxygens (including phenoxy) is 1. The molecule has 0 spiro atoms. The maximum absolute atomic E-state index is 12.9. The lowest BCUT2D eigenvalue weighted by atomic mass is 9.96. The van der Waals surface area contributed by atoms with Crippen LogP contribution in [0.4, 0.5) is 0 Å². The summed E-state index contributed by atoms with van der Waals surface area (Å²) >= 11 is 0. The first-order valence-corrected chi connectivity index (χ1v) is 9.88. The van der Waals surface area contributed by atoms with Crippen LogP contribution in [0.3, 0.4) is 0 Å².